The van der Waals surface area contributed by atoms with E-state index in [9.17, 15) is 14.3 Å². The summed E-state index contributed by atoms with van der Waals surface area (Å²) in [5.41, 5.74) is 2.17. The van der Waals surface area contributed by atoms with Crippen molar-refractivity contribution in [2.75, 3.05) is 19.6 Å². The van der Waals surface area contributed by atoms with Crippen LogP contribution in [0.2, 0.25) is 0 Å². The van der Waals surface area contributed by atoms with Gasteiger partial charge in [-0.05, 0) is 41.8 Å². The van der Waals surface area contributed by atoms with Crippen LogP contribution < -0.4 is 0 Å². The number of phenols is 1. The van der Waals surface area contributed by atoms with Crippen molar-refractivity contribution in [3.63, 3.8) is 0 Å². The topological polar surface area (TPSA) is 43.8 Å². The van der Waals surface area contributed by atoms with Gasteiger partial charge in [-0.25, -0.2) is 4.39 Å². The minimum absolute atomic E-state index is 0.0335. The fraction of sp³-hybridized carbons (Fsp3) is 0.350. The maximum atomic E-state index is 13.0. The molecule has 1 atom stereocenters. The van der Waals surface area contributed by atoms with Gasteiger partial charge < -0.3 is 10.0 Å². The molecule has 0 bridgehead atoms. The smallest absolute Gasteiger partial charge is 0.240 e. The highest BCUT2D eigenvalue weighted by Gasteiger charge is 2.41. The lowest BCUT2D eigenvalue weighted by molar-refractivity contribution is -0.134. The van der Waals surface area contributed by atoms with Crippen molar-refractivity contribution >= 4 is 5.91 Å². The van der Waals surface area contributed by atoms with E-state index >= 15 is 0 Å². The molecular formula is C20H21FN2O2. The summed E-state index contributed by atoms with van der Waals surface area (Å²) in [6, 6.07) is 13.6. The zero-order valence-corrected chi connectivity index (χ0v) is 13.9. The predicted octanol–water partition coefficient (Wildman–Crippen LogP) is 2.73. The number of aromatic hydroxyl groups is 1. The van der Waals surface area contributed by atoms with Crippen molar-refractivity contribution in [1.29, 1.82) is 0 Å². The Labute approximate surface area is 146 Å². The van der Waals surface area contributed by atoms with E-state index in [2.05, 4.69) is 4.90 Å². The number of nitrogens with zero attached hydrogens (tertiary/aromatic N) is 2. The maximum Gasteiger partial charge on any atom is 0.240 e. The van der Waals surface area contributed by atoms with Crippen molar-refractivity contribution in [2.45, 2.75) is 24.9 Å². The number of rotatable bonds is 4. The third-order valence-electron chi connectivity index (χ3n) is 5.27. The van der Waals surface area contributed by atoms with Gasteiger partial charge in [-0.2, -0.15) is 0 Å². The number of hydrogen-bond donors (Lipinski definition) is 1. The first-order chi connectivity index (χ1) is 12.1. The lowest BCUT2D eigenvalue weighted by Crippen LogP contribution is -2.53. The van der Waals surface area contributed by atoms with Gasteiger partial charge in [-0.1, -0.05) is 24.3 Å². The van der Waals surface area contributed by atoms with Gasteiger partial charge in [-0.15, -0.1) is 0 Å². The number of hydrogen-bond acceptors (Lipinski definition) is 3. The first kappa shape index (κ1) is 16.1. The van der Waals surface area contributed by atoms with E-state index in [-0.39, 0.29) is 23.5 Å². The van der Waals surface area contributed by atoms with Crippen molar-refractivity contribution in [1.82, 2.24) is 9.80 Å². The molecule has 25 heavy (non-hydrogen) atoms. The van der Waals surface area contributed by atoms with Crippen molar-refractivity contribution < 1.29 is 14.3 Å². The van der Waals surface area contributed by atoms with E-state index in [0.29, 0.717) is 12.5 Å². The third-order valence-corrected chi connectivity index (χ3v) is 5.27. The normalized spacial score (nSPS) is 21.6. The highest BCUT2D eigenvalue weighted by atomic mass is 19.1. The Morgan fingerprint density at radius 2 is 1.72 bits per heavy atom. The van der Waals surface area contributed by atoms with Gasteiger partial charge in [0, 0.05) is 32.1 Å². The summed E-state index contributed by atoms with van der Waals surface area (Å²) in [4.78, 5) is 16.8. The molecule has 0 spiro atoms. The Morgan fingerprint density at radius 1 is 1.04 bits per heavy atom. The minimum Gasteiger partial charge on any atom is -0.508 e. The third kappa shape index (κ3) is 3.24. The summed E-state index contributed by atoms with van der Waals surface area (Å²) in [5, 5.41) is 9.37. The zero-order valence-electron chi connectivity index (χ0n) is 13.9. The van der Waals surface area contributed by atoms with Crippen LogP contribution in [0.1, 0.15) is 23.5 Å². The fourth-order valence-corrected chi connectivity index (χ4v) is 3.75. The molecule has 0 aliphatic carbocycles. The van der Waals surface area contributed by atoms with Crippen LogP contribution in [0, 0.1) is 5.82 Å². The summed E-state index contributed by atoms with van der Waals surface area (Å²) in [7, 11) is 0. The van der Waals surface area contributed by atoms with Gasteiger partial charge >= 0.3 is 0 Å². The Kier molecular flexibility index (Phi) is 4.17. The molecule has 130 valence electrons. The Hall–Kier alpha value is -2.40. The predicted molar refractivity (Wildman–Crippen MR) is 92.6 cm³/mol. The summed E-state index contributed by atoms with van der Waals surface area (Å²) in [5.74, 6) is 0.630. The molecule has 2 aliphatic rings. The molecule has 2 aliphatic heterocycles. The lowest BCUT2D eigenvalue weighted by Gasteiger charge is -2.42. The van der Waals surface area contributed by atoms with E-state index in [1.54, 1.807) is 24.3 Å². The van der Waals surface area contributed by atoms with Crippen molar-refractivity contribution in [2.24, 2.45) is 0 Å². The number of phenolic OH excluding ortho intramolecular Hbond substituents is 1. The molecule has 2 fully saturated rings. The molecule has 0 saturated carbocycles. The molecule has 1 unspecified atom stereocenters. The molecule has 1 N–H and O–H groups in total. The first-order valence-electron chi connectivity index (χ1n) is 8.66. The molecule has 0 aromatic heterocycles. The Morgan fingerprint density at radius 3 is 2.40 bits per heavy atom. The molecule has 4 nitrogen and oxygen atoms in total. The first-order valence-corrected chi connectivity index (χ1v) is 8.66. The van der Waals surface area contributed by atoms with Crippen LogP contribution in [0.3, 0.4) is 0 Å². The highest BCUT2D eigenvalue weighted by molar-refractivity contribution is 5.84. The van der Waals surface area contributed by atoms with Crippen LogP contribution in [-0.4, -0.2) is 46.5 Å². The zero-order chi connectivity index (χ0) is 17.4. The number of carbonyl (C=O) groups excluding carboxylic acids is 1. The van der Waals surface area contributed by atoms with E-state index in [0.717, 1.165) is 31.6 Å². The second-order valence-electron chi connectivity index (χ2n) is 6.93. The molecule has 2 aromatic carbocycles. The van der Waals surface area contributed by atoms with Crippen LogP contribution >= 0.6 is 0 Å². The minimum atomic E-state index is -0.254. The standard InChI is InChI=1S/C20H21FN2O2/c21-17-5-1-14(2-6-17)11-22-10-9-19(20(22)25)23-12-16(13-23)15-3-7-18(24)8-4-15/h1-8,16,19,24H,9-13H2. The van der Waals surface area contributed by atoms with Gasteiger partial charge in [0.25, 0.3) is 0 Å². The van der Waals surface area contributed by atoms with E-state index in [1.165, 1.54) is 17.7 Å². The van der Waals surface area contributed by atoms with E-state index in [1.807, 2.05) is 17.0 Å². The molecule has 0 radical (unpaired) electrons. The highest BCUT2D eigenvalue weighted by Crippen LogP contribution is 2.32. The van der Waals surface area contributed by atoms with Crippen molar-refractivity contribution in [3.8, 4) is 5.75 Å². The fourth-order valence-electron chi connectivity index (χ4n) is 3.75. The van der Waals surface area contributed by atoms with Crippen LogP contribution in [0.5, 0.6) is 5.75 Å². The number of carbonyl (C=O) groups is 1. The van der Waals surface area contributed by atoms with Gasteiger partial charge in [0.1, 0.15) is 11.6 Å². The van der Waals surface area contributed by atoms with Crippen LogP contribution in [-0.2, 0) is 11.3 Å². The molecule has 2 heterocycles. The Balaban J connectivity index is 1.33. The molecule has 2 saturated heterocycles. The lowest BCUT2D eigenvalue weighted by atomic mass is 9.89. The Bertz CT molecular complexity index is 754. The van der Waals surface area contributed by atoms with E-state index in [4.69, 9.17) is 0 Å². The van der Waals surface area contributed by atoms with Crippen LogP contribution in [0.4, 0.5) is 4.39 Å². The van der Waals surface area contributed by atoms with Crippen LogP contribution in [0.15, 0.2) is 48.5 Å². The molecule has 4 rings (SSSR count). The maximum absolute atomic E-state index is 13.0. The average molecular weight is 340 g/mol. The molecule has 5 heteroatoms. The van der Waals surface area contributed by atoms with Gasteiger partial charge in [0.2, 0.25) is 5.91 Å². The monoisotopic (exact) mass is 340 g/mol. The quantitative estimate of drug-likeness (QED) is 0.931. The van der Waals surface area contributed by atoms with Gasteiger partial charge in [-0.3, -0.25) is 9.69 Å². The summed E-state index contributed by atoms with van der Waals surface area (Å²) >= 11 is 0. The van der Waals surface area contributed by atoms with Crippen molar-refractivity contribution in [3.05, 3.63) is 65.5 Å². The van der Waals surface area contributed by atoms with E-state index < -0.39 is 0 Å². The molecule has 2 aromatic rings. The van der Waals surface area contributed by atoms with Crippen LogP contribution in [0.25, 0.3) is 0 Å². The summed E-state index contributed by atoms with van der Waals surface area (Å²) < 4.78 is 13.0. The number of likely N-dealkylation sites (tertiary alicyclic amines) is 2. The SMILES string of the molecule is O=C1C(N2CC(c3ccc(O)cc3)C2)CCN1Cc1ccc(F)cc1. The number of halogens is 1. The summed E-state index contributed by atoms with van der Waals surface area (Å²) in [6.45, 7) is 3.06. The summed E-state index contributed by atoms with van der Waals surface area (Å²) in [6.07, 6.45) is 0.850. The second kappa shape index (κ2) is 6.48. The number of amides is 1. The van der Waals surface area contributed by atoms with Gasteiger partial charge in [0.15, 0.2) is 0 Å². The largest absolute Gasteiger partial charge is 0.508 e. The molecule has 1 amide bonds. The second-order valence-corrected chi connectivity index (χ2v) is 6.93. The average Bonchev–Trinajstić information content (AvgIpc) is 2.91. The van der Waals surface area contributed by atoms with Gasteiger partial charge in [0.05, 0.1) is 6.04 Å². The molecular weight excluding hydrogens is 319 g/mol. The number of benzene rings is 2.